The fraction of sp³-hybridized carbons (Fsp3) is 0.350. The van der Waals surface area contributed by atoms with Gasteiger partial charge in [0, 0.05) is 12.1 Å². The summed E-state index contributed by atoms with van der Waals surface area (Å²) < 4.78 is 10.4. The highest BCUT2D eigenvalue weighted by Gasteiger charge is 2.17. The molecule has 1 atom stereocenters. The third-order valence-electron chi connectivity index (χ3n) is 4.39. The lowest BCUT2D eigenvalue weighted by Gasteiger charge is -2.19. The molecule has 2 aromatic rings. The normalized spacial score (nSPS) is 11.6. The number of hydrogen-bond donors (Lipinski definition) is 1. The summed E-state index contributed by atoms with van der Waals surface area (Å²) in [6.45, 7) is 5.90. The topological polar surface area (TPSA) is 90.7 Å². The molecule has 0 unspecified atom stereocenters. The highest BCUT2D eigenvalue weighted by molar-refractivity contribution is 5.78. The second-order valence-electron chi connectivity index (χ2n) is 6.25. The van der Waals surface area contributed by atoms with Crippen LogP contribution in [0.2, 0.25) is 0 Å². The maximum atomic E-state index is 12.3. The number of amides is 1. The van der Waals surface area contributed by atoms with Gasteiger partial charge in [-0.15, -0.1) is 0 Å². The van der Waals surface area contributed by atoms with Crippen molar-refractivity contribution in [3.63, 3.8) is 0 Å². The summed E-state index contributed by atoms with van der Waals surface area (Å²) in [5.74, 6) is 0.142. The number of carbonyl (C=O) groups excluding carboxylic acids is 1. The lowest BCUT2D eigenvalue weighted by atomic mass is 9.99. The highest BCUT2D eigenvalue weighted by atomic mass is 16.6. The molecule has 0 aromatic heterocycles. The van der Waals surface area contributed by atoms with Gasteiger partial charge < -0.3 is 14.8 Å². The summed E-state index contributed by atoms with van der Waals surface area (Å²) in [6.07, 6.45) is 0.750. The number of rotatable bonds is 8. The fourth-order valence-corrected chi connectivity index (χ4v) is 2.69. The van der Waals surface area contributed by atoms with Crippen LogP contribution in [0, 0.1) is 24.0 Å². The van der Waals surface area contributed by atoms with Crippen LogP contribution in [0.3, 0.4) is 0 Å². The summed E-state index contributed by atoms with van der Waals surface area (Å²) in [5.41, 5.74) is 3.27. The zero-order valence-electron chi connectivity index (χ0n) is 15.9. The molecule has 0 aliphatic heterocycles. The number of benzene rings is 2. The number of nitrogens with one attached hydrogen (secondary N) is 1. The van der Waals surface area contributed by atoms with E-state index in [1.165, 1.54) is 36.4 Å². The molecule has 0 aliphatic carbocycles. The Kier molecular flexibility index (Phi) is 6.76. The Morgan fingerprint density at radius 2 is 1.93 bits per heavy atom. The number of nitro groups is 1. The molecule has 0 bridgehead atoms. The monoisotopic (exact) mass is 372 g/mol. The third-order valence-corrected chi connectivity index (χ3v) is 4.39. The zero-order valence-corrected chi connectivity index (χ0v) is 15.9. The summed E-state index contributed by atoms with van der Waals surface area (Å²) >= 11 is 0. The predicted octanol–water partition coefficient (Wildman–Crippen LogP) is 3.87. The van der Waals surface area contributed by atoms with Gasteiger partial charge in [-0.1, -0.05) is 25.1 Å². The highest BCUT2D eigenvalue weighted by Crippen LogP contribution is 2.30. The van der Waals surface area contributed by atoms with E-state index in [0.717, 1.165) is 12.0 Å². The van der Waals surface area contributed by atoms with Gasteiger partial charge in [-0.05, 0) is 43.0 Å². The van der Waals surface area contributed by atoms with Gasteiger partial charge in [0.15, 0.2) is 6.61 Å². The number of nitro benzene ring substituents is 1. The molecule has 1 N–H and O–H groups in total. The number of ether oxygens (including phenoxy) is 2. The van der Waals surface area contributed by atoms with Crippen molar-refractivity contribution in [1.29, 1.82) is 0 Å². The van der Waals surface area contributed by atoms with Crippen molar-refractivity contribution in [3.8, 4) is 11.5 Å². The number of carbonyl (C=O) groups is 1. The van der Waals surface area contributed by atoms with Gasteiger partial charge in [0.25, 0.3) is 5.91 Å². The molecule has 0 fully saturated rings. The van der Waals surface area contributed by atoms with Gasteiger partial charge in [0.1, 0.15) is 5.75 Å². The first kappa shape index (κ1) is 20.2. The first-order valence-electron chi connectivity index (χ1n) is 8.67. The minimum atomic E-state index is -0.537. The Labute approximate surface area is 158 Å². The Hall–Kier alpha value is -3.09. The van der Waals surface area contributed by atoms with Crippen LogP contribution < -0.4 is 14.8 Å². The van der Waals surface area contributed by atoms with Gasteiger partial charge >= 0.3 is 5.69 Å². The first-order chi connectivity index (χ1) is 12.8. The number of hydrogen-bond acceptors (Lipinski definition) is 5. The van der Waals surface area contributed by atoms with Crippen LogP contribution in [0.15, 0.2) is 36.4 Å². The van der Waals surface area contributed by atoms with Gasteiger partial charge in [0.2, 0.25) is 5.75 Å². The lowest BCUT2D eigenvalue weighted by Crippen LogP contribution is -2.32. The second-order valence-corrected chi connectivity index (χ2v) is 6.25. The van der Waals surface area contributed by atoms with E-state index in [4.69, 9.17) is 9.47 Å². The van der Waals surface area contributed by atoms with Crippen molar-refractivity contribution in [2.45, 2.75) is 33.2 Å². The molecule has 0 radical (unpaired) electrons. The van der Waals surface area contributed by atoms with E-state index in [2.05, 4.69) is 11.4 Å². The Morgan fingerprint density at radius 1 is 1.19 bits per heavy atom. The molecule has 0 saturated heterocycles. The second kappa shape index (κ2) is 9.02. The number of nitrogens with zero attached hydrogens (tertiary/aromatic N) is 1. The van der Waals surface area contributed by atoms with Crippen molar-refractivity contribution in [2.75, 3.05) is 13.7 Å². The molecule has 27 heavy (non-hydrogen) atoms. The Bertz CT molecular complexity index is 835. The van der Waals surface area contributed by atoms with E-state index in [0.29, 0.717) is 5.75 Å². The Morgan fingerprint density at radius 3 is 2.52 bits per heavy atom. The van der Waals surface area contributed by atoms with Crippen molar-refractivity contribution in [2.24, 2.45) is 0 Å². The van der Waals surface area contributed by atoms with Gasteiger partial charge in [0.05, 0.1) is 18.1 Å². The van der Waals surface area contributed by atoms with Gasteiger partial charge in [-0.3, -0.25) is 14.9 Å². The number of methoxy groups -OCH3 is 1. The van der Waals surface area contributed by atoms with E-state index < -0.39 is 4.92 Å². The van der Waals surface area contributed by atoms with E-state index in [1.807, 2.05) is 32.9 Å². The molecule has 2 aromatic carbocycles. The average molecular weight is 372 g/mol. The predicted molar refractivity (Wildman–Crippen MR) is 102 cm³/mol. The smallest absolute Gasteiger partial charge is 0.311 e. The van der Waals surface area contributed by atoms with Crippen molar-refractivity contribution in [3.05, 3.63) is 63.2 Å². The molecule has 0 spiro atoms. The summed E-state index contributed by atoms with van der Waals surface area (Å²) in [5, 5.41) is 13.9. The van der Waals surface area contributed by atoms with Crippen molar-refractivity contribution < 1.29 is 19.2 Å². The standard InChI is InChI=1S/C20H24N2O5/c1-5-17(15-7-6-13(2)14(3)10-15)21-20(23)12-27-16-8-9-18(22(24)25)19(11-16)26-4/h6-11,17H,5,12H2,1-4H3,(H,21,23)/t17-/m1/s1. The molecule has 144 valence electrons. The van der Waals surface area contributed by atoms with E-state index in [9.17, 15) is 14.9 Å². The van der Waals surface area contributed by atoms with Crippen LogP contribution in [0.4, 0.5) is 5.69 Å². The van der Waals surface area contributed by atoms with Crippen LogP contribution in [0.1, 0.15) is 36.1 Å². The maximum Gasteiger partial charge on any atom is 0.311 e. The zero-order chi connectivity index (χ0) is 20.0. The summed E-state index contributed by atoms with van der Waals surface area (Å²) in [4.78, 5) is 22.6. The van der Waals surface area contributed by atoms with E-state index >= 15 is 0 Å². The molecule has 7 nitrogen and oxygen atoms in total. The molecular formula is C20H24N2O5. The fourth-order valence-electron chi connectivity index (χ4n) is 2.69. The molecule has 0 aliphatic rings. The van der Waals surface area contributed by atoms with Gasteiger partial charge in [-0.2, -0.15) is 0 Å². The molecule has 0 saturated carbocycles. The summed E-state index contributed by atoms with van der Waals surface area (Å²) in [7, 11) is 1.34. The quantitative estimate of drug-likeness (QED) is 0.561. The molecule has 2 rings (SSSR count). The molecule has 7 heteroatoms. The SMILES string of the molecule is CC[C@@H](NC(=O)COc1ccc([N+](=O)[O-])c(OC)c1)c1ccc(C)c(C)c1. The Balaban J connectivity index is 2.00. The lowest BCUT2D eigenvalue weighted by molar-refractivity contribution is -0.385. The molecule has 0 heterocycles. The minimum Gasteiger partial charge on any atom is -0.490 e. The van der Waals surface area contributed by atoms with Crippen LogP contribution in [-0.2, 0) is 4.79 Å². The van der Waals surface area contributed by atoms with Crippen LogP contribution >= 0.6 is 0 Å². The van der Waals surface area contributed by atoms with Crippen LogP contribution in [-0.4, -0.2) is 24.5 Å². The largest absolute Gasteiger partial charge is 0.490 e. The van der Waals surface area contributed by atoms with E-state index in [-0.39, 0.29) is 30.0 Å². The summed E-state index contributed by atoms with van der Waals surface area (Å²) in [6, 6.07) is 10.1. The average Bonchev–Trinajstić information content (AvgIpc) is 2.66. The van der Waals surface area contributed by atoms with Crippen molar-refractivity contribution in [1.82, 2.24) is 5.32 Å². The minimum absolute atomic E-state index is 0.0828. The maximum absolute atomic E-state index is 12.3. The first-order valence-corrected chi connectivity index (χ1v) is 8.67. The molecule has 1 amide bonds. The van der Waals surface area contributed by atoms with E-state index in [1.54, 1.807) is 0 Å². The van der Waals surface area contributed by atoms with Crippen LogP contribution in [0.25, 0.3) is 0 Å². The third kappa shape index (κ3) is 5.20. The van der Waals surface area contributed by atoms with Gasteiger partial charge in [-0.25, -0.2) is 0 Å². The number of aryl methyl sites for hydroxylation is 2. The van der Waals surface area contributed by atoms with Crippen molar-refractivity contribution >= 4 is 11.6 Å². The van der Waals surface area contributed by atoms with Crippen LogP contribution in [0.5, 0.6) is 11.5 Å². The molecular weight excluding hydrogens is 348 g/mol.